The summed E-state index contributed by atoms with van der Waals surface area (Å²) >= 11 is 10.2. The van der Waals surface area contributed by atoms with Gasteiger partial charge in [-0.2, -0.15) is 0 Å². The van der Waals surface area contributed by atoms with Crippen LogP contribution in [0.25, 0.3) is 0 Å². The topological polar surface area (TPSA) is 46.5 Å². The first-order valence-corrected chi connectivity index (χ1v) is 7.42. The Kier molecular flexibility index (Phi) is 5.88. The highest BCUT2D eigenvalue weighted by Gasteiger charge is 2.12. The molecule has 1 N–H and O–H groups in total. The monoisotopic (exact) mass is 440 g/mol. The van der Waals surface area contributed by atoms with E-state index in [9.17, 15) is 4.79 Å². The second-order valence-electron chi connectivity index (χ2n) is 3.68. The Morgan fingerprint density at radius 1 is 1.33 bits per heavy atom. The molecule has 0 radical (unpaired) electrons. The molecule has 0 aliphatic heterocycles. The second-order valence-corrected chi connectivity index (χ2v) is 6.30. The van der Waals surface area contributed by atoms with Gasteiger partial charge in [-0.1, -0.05) is 15.9 Å². The summed E-state index contributed by atoms with van der Waals surface area (Å²) in [5, 5.41) is 8.79. The molecule has 6 heteroatoms. The molecule has 1 atom stereocenters. The molecule has 0 aliphatic rings. The first-order valence-electron chi connectivity index (χ1n) is 5.04. The summed E-state index contributed by atoms with van der Waals surface area (Å²) < 4.78 is 8.19. The summed E-state index contributed by atoms with van der Waals surface area (Å²) in [7, 11) is 0. The quantitative estimate of drug-likeness (QED) is 0.683. The standard InChI is InChI=1S/C12H11Br3O3/c1-6(12(16)17)3-7(2)18-11-9(14)4-8(13)5-10(11)15/h3-5,7H,1-2H3,(H,16,17). The highest BCUT2D eigenvalue weighted by atomic mass is 79.9. The Morgan fingerprint density at radius 2 is 1.83 bits per heavy atom. The summed E-state index contributed by atoms with van der Waals surface area (Å²) in [4.78, 5) is 10.7. The first kappa shape index (κ1) is 15.7. The van der Waals surface area contributed by atoms with Gasteiger partial charge in [-0.3, -0.25) is 0 Å². The number of carboxylic acids is 1. The number of carboxylic acid groups (broad SMARTS) is 1. The van der Waals surface area contributed by atoms with Crippen molar-refractivity contribution >= 4 is 53.8 Å². The molecule has 1 aromatic rings. The molecule has 0 saturated heterocycles. The van der Waals surface area contributed by atoms with E-state index in [1.54, 1.807) is 13.0 Å². The van der Waals surface area contributed by atoms with E-state index in [1.807, 2.05) is 12.1 Å². The van der Waals surface area contributed by atoms with Crippen molar-refractivity contribution in [2.24, 2.45) is 0 Å². The molecule has 18 heavy (non-hydrogen) atoms. The Balaban J connectivity index is 2.92. The van der Waals surface area contributed by atoms with Crippen molar-refractivity contribution in [1.82, 2.24) is 0 Å². The number of carbonyl (C=O) groups is 1. The van der Waals surface area contributed by atoms with E-state index >= 15 is 0 Å². The number of hydrogen-bond acceptors (Lipinski definition) is 2. The molecule has 0 aliphatic carbocycles. The maximum Gasteiger partial charge on any atom is 0.331 e. The maximum atomic E-state index is 10.7. The van der Waals surface area contributed by atoms with Crippen LogP contribution in [0.4, 0.5) is 0 Å². The molecular weight excluding hydrogens is 432 g/mol. The maximum absolute atomic E-state index is 10.7. The number of rotatable bonds is 4. The van der Waals surface area contributed by atoms with Crippen molar-refractivity contribution in [3.8, 4) is 5.75 Å². The van der Waals surface area contributed by atoms with Crippen LogP contribution in [-0.4, -0.2) is 17.2 Å². The summed E-state index contributed by atoms with van der Waals surface area (Å²) in [5.74, 6) is -0.306. The number of benzene rings is 1. The van der Waals surface area contributed by atoms with E-state index in [2.05, 4.69) is 47.8 Å². The summed E-state index contributed by atoms with van der Waals surface area (Å²) in [5.41, 5.74) is 0.256. The van der Waals surface area contributed by atoms with Crippen LogP contribution < -0.4 is 4.74 Å². The van der Waals surface area contributed by atoms with Gasteiger partial charge in [-0.15, -0.1) is 0 Å². The van der Waals surface area contributed by atoms with Crippen LogP contribution in [0.15, 0.2) is 37.2 Å². The molecule has 0 saturated carbocycles. The van der Waals surface area contributed by atoms with Crippen LogP contribution in [0, 0.1) is 0 Å². The lowest BCUT2D eigenvalue weighted by Crippen LogP contribution is -2.11. The van der Waals surface area contributed by atoms with Gasteiger partial charge in [-0.25, -0.2) is 4.79 Å². The lowest BCUT2D eigenvalue weighted by atomic mass is 10.2. The van der Waals surface area contributed by atoms with Crippen molar-refractivity contribution in [2.45, 2.75) is 20.0 Å². The molecule has 0 fully saturated rings. The van der Waals surface area contributed by atoms with Crippen molar-refractivity contribution in [1.29, 1.82) is 0 Å². The lowest BCUT2D eigenvalue weighted by molar-refractivity contribution is -0.132. The van der Waals surface area contributed by atoms with Gasteiger partial charge < -0.3 is 9.84 Å². The predicted octanol–water partition coefficient (Wildman–Crippen LogP) is 4.77. The van der Waals surface area contributed by atoms with Gasteiger partial charge in [-0.05, 0) is 63.9 Å². The molecule has 1 aromatic carbocycles. The van der Waals surface area contributed by atoms with Crippen molar-refractivity contribution in [3.63, 3.8) is 0 Å². The smallest absolute Gasteiger partial charge is 0.331 e. The fourth-order valence-electron chi connectivity index (χ4n) is 1.28. The zero-order valence-corrected chi connectivity index (χ0v) is 14.5. The Morgan fingerprint density at radius 3 is 2.28 bits per heavy atom. The predicted molar refractivity (Wildman–Crippen MR) is 81.0 cm³/mol. The largest absolute Gasteiger partial charge is 0.484 e. The van der Waals surface area contributed by atoms with Crippen molar-refractivity contribution in [3.05, 3.63) is 37.2 Å². The summed E-state index contributed by atoms with van der Waals surface area (Å²) in [6.45, 7) is 3.32. The average Bonchev–Trinajstić information content (AvgIpc) is 2.23. The zero-order chi connectivity index (χ0) is 13.9. The molecule has 1 unspecified atom stereocenters. The highest BCUT2D eigenvalue weighted by Crippen LogP contribution is 2.37. The third-order valence-electron chi connectivity index (χ3n) is 2.09. The molecule has 1 rings (SSSR count). The van der Waals surface area contributed by atoms with Crippen LogP contribution in [0.5, 0.6) is 5.75 Å². The number of ether oxygens (including phenoxy) is 1. The number of hydrogen-bond donors (Lipinski definition) is 1. The van der Waals surface area contributed by atoms with Gasteiger partial charge in [0.2, 0.25) is 0 Å². The molecule has 3 nitrogen and oxygen atoms in total. The zero-order valence-electron chi connectivity index (χ0n) is 9.71. The van der Waals surface area contributed by atoms with E-state index < -0.39 is 5.97 Å². The van der Waals surface area contributed by atoms with Gasteiger partial charge in [0, 0.05) is 10.0 Å². The molecule has 0 bridgehead atoms. The Labute approximate surface area is 131 Å². The van der Waals surface area contributed by atoms with Crippen LogP contribution in [0.1, 0.15) is 13.8 Å². The van der Waals surface area contributed by atoms with Gasteiger partial charge in [0.05, 0.1) is 8.95 Å². The third kappa shape index (κ3) is 4.40. The van der Waals surface area contributed by atoms with Gasteiger partial charge >= 0.3 is 5.97 Å². The lowest BCUT2D eigenvalue weighted by Gasteiger charge is -2.15. The fraction of sp³-hybridized carbons (Fsp3) is 0.250. The first-order chi connectivity index (χ1) is 8.31. The van der Waals surface area contributed by atoms with E-state index in [1.165, 1.54) is 6.92 Å². The minimum absolute atomic E-state index is 0.256. The minimum atomic E-state index is -0.945. The fourth-order valence-corrected chi connectivity index (χ4v) is 3.73. The van der Waals surface area contributed by atoms with Crippen molar-refractivity contribution < 1.29 is 14.6 Å². The van der Waals surface area contributed by atoms with E-state index in [4.69, 9.17) is 9.84 Å². The molecule has 98 valence electrons. The SMILES string of the molecule is CC(=CC(C)Oc1c(Br)cc(Br)cc1Br)C(=O)O. The van der Waals surface area contributed by atoms with Gasteiger partial charge in [0.1, 0.15) is 11.9 Å². The number of halogens is 3. The molecule has 0 aromatic heterocycles. The average molecular weight is 443 g/mol. The molecular formula is C12H11Br3O3. The number of aliphatic carboxylic acids is 1. The Hall–Kier alpha value is -0.330. The molecule has 0 amide bonds. The molecule has 0 heterocycles. The van der Waals surface area contributed by atoms with E-state index in [0.717, 1.165) is 13.4 Å². The molecule has 0 spiro atoms. The van der Waals surface area contributed by atoms with Crippen LogP contribution >= 0.6 is 47.8 Å². The van der Waals surface area contributed by atoms with Gasteiger partial charge in [0.15, 0.2) is 0 Å². The minimum Gasteiger partial charge on any atom is -0.484 e. The van der Waals surface area contributed by atoms with Gasteiger partial charge in [0.25, 0.3) is 0 Å². The van der Waals surface area contributed by atoms with E-state index in [-0.39, 0.29) is 11.7 Å². The van der Waals surface area contributed by atoms with Crippen molar-refractivity contribution in [2.75, 3.05) is 0 Å². The van der Waals surface area contributed by atoms with Crippen LogP contribution in [0.3, 0.4) is 0 Å². The van der Waals surface area contributed by atoms with Crippen LogP contribution in [-0.2, 0) is 4.79 Å². The summed E-state index contributed by atoms with van der Waals surface area (Å²) in [6.07, 6.45) is 1.22. The summed E-state index contributed by atoms with van der Waals surface area (Å²) in [6, 6.07) is 3.72. The third-order valence-corrected chi connectivity index (χ3v) is 3.72. The second kappa shape index (κ2) is 6.73. The Bertz CT molecular complexity index is 474. The normalized spacial score (nSPS) is 13.3. The van der Waals surface area contributed by atoms with Crippen LogP contribution in [0.2, 0.25) is 0 Å². The highest BCUT2D eigenvalue weighted by molar-refractivity contribution is 9.11. The van der Waals surface area contributed by atoms with E-state index in [0.29, 0.717) is 5.75 Å².